The summed E-state index contributed by atoms with van der Waals surface area (Å²) in [7, 11) is -4.06. The summed E-state index contributed by atoms with van der Waals surface area (Å²) in [5.74, 6) is -0.577. The van der Waals surface area contributed by atoms with Gasteiger partial charge in [-0.05, 0) is 54.5 Å². The first kappa shape index (κ1) is 27.8. The van der Waals surface area contributed by atoms with E-state index in [1.165, 1.54) is 6.07 Å². The lowest BCUT2D eigenvalue weighted by Gasteiger charge is -2.32. The molecule has 1 heterocycles. The molecule has 2 fully saturated rings. The molecule has 6 N–H and O–H groups in total. The largest absolute Gasteiger partial charge is 0.370 e. The molecule has 1 saturated heterocycles. The number of benzene rings is 2. The number of nitrogens with zero attached hydrogens (tertiary/aromatic N) is 1. The lowest BCUT2D eigenvalue weighted by atomic mass is 9.95. The smallest absolute Gasteiger partial charge is 0.241 e. The Morgan fingerprint density at radius 2 is 1.68 bits per heavy atom. The Kier molecular flexibility index (Phi) is 9.22. The highest BCUT2D eigenvalue weighted by atomic mass is 32.2. The number of rotatable bonds is 9. The van der Waals surface area contributed by atoms with Crippen LogP contribution in [0.5, 0.6) is 0 Å². The molecule has 1 atom stereocenters. The van der Waals surface area contributed by atoms with Crippen molar-refractivity contribution in [3.05, 3.63) is 42.5 Å². The first-order valence-electron chi connectivity index (χ1n) is 13.4. The number of hydrogen-bond donors (Lipinski definition) is 5. The van der Waals surface area contributed by atoms with Gasteiger partial charge in [-0.25, -0.2) is 8.42 Å². The van der Waals surface area contributed by atoms with Gasteiger partial charge in [0.2, 0.25) is 21.8 Å². The Balaban J connectivity index is 1.42. The van der Waals surface area contributed by atoms with Gasteiger partial charge in [-0.2, -0.15) is 4.72 Å². The lowest BCUT2D eigenvalue weighted by Crippen LogP contribution is -2.52. The molecule has 1 aliphatic carbocycles. The van der Waals surface area contributed by atoms with Gasteiger partial charge in [-0.3, -0.25) is 15.0 Å². The Morgan fingerprint density at radius 3 is 2.37 bits per heavy atom. The number of guanidine groups is 1. The Bertz CT molecular complexity index is 1250. The van der Waals surface area contributed by atoms with Gasteiger partial charge in [0.05, 0.1) is 11.3 Å². The van der Waals surface area contributed by atoms with Crippen molar-refractivity contribution < 1.29 is 18.0 Å². The Morgan fingerprint density at radius 1 is 1.00 bits per heavy atom. The van der Waals surface area contributed by atoms with Crippen LogP contribution in [0.15, 0.2) is 47.4 Å². The van der Waals surface area contributed by atoms with E-state index in [4.69, 9.17) is 11.1 Å². The van der Waals surface area contributed by atoms with Crippen LogP contribution in [0.1, 0.15) is 51.4 Å². The number of sulfonamides is 1. The number of fused-ring (bicyclic) bond motifs is 1. The van der Waals surface area contributed by atoms with Gasteiger partial charge in [0.1, 0.15) is 6.04 Å². The molecule has 38 heavy (non-hydrogen) atoms. The quantitative estimate of drug-likeness (QED) is 0.241. The number of amides is 2. The van der Waals surface area contributed by atoms with Crippen molar-refractivity contribution >= 4 is 38.6 Å². The number of likely N-dealkylation sites (tertiary alicyclic amines) is 1. The molecule has 2 amide bonds. The minimum Gasteiger partial charge on any atom is -0.370 e. The summed E-state index contributed by atoms with van der Waals surface area (Å²) in [6, 6.07) is 11.0. The van der Waals surface area contributed by atoms with Gasteiger partial charge in [-0.1, -0.05) is 49.6 Å². The van der Waals surface area contributed by atoms with Crippen molar-refractivity contribution in [1.29, 1.82) is 5.41 Å². The van der Waals surface area contributed by atoms with E-state index in [9.17, 15) is 18.0 Å². The van der Waals surface area contributed by atoms with Crippen molar-refractivity contribution in [2.24, 2.45) is 11.7 Å². The molecule has 0 radical (unpaired) electrons. The summed E-state index contributed by atoms with van der Waals surface area (Å²) in [4.78, 5) is 27.9. The Labute approximate surface area is 224 Å². The van der Waals surface area contributed by atoms with E-state index in [1.807, 2.05) is 24.3 Å². The molecular formula is C27H38N6O4S. The van der Waals surface area contributed by atoms with Gasteiger partial charge >= 0.3 is 0 Å². The third-order valence-electron chi connectivity index (χ3n) is 7.53. The van der Waals surface area contributed by atoms with Crippen LogP contribution >= 0.6 is 0 Å². The van der Waals surface area contributed by atoms with Crippen LogP contribution in [0, 0.1) is 11.3 Å². The zero-order valence-electron chi connectivity index (χ0n) is 21.6. The molecule has 0 bridgehead atoms. The summed E-state index contributed by atoms with van der Waals surface area (Å²) in [6.45, 7) is 1.75. The number of nitrogens with one attached hydrogen (secondary N) is 4. The first-order chi connectivity index (χ1) is 18.2. The first-order valence-corrected chi connectivity index (χ1v) is 14.9. The normalized spacial score (nSPS) is 18.2. The van der Waals surface area contributed by atoms with Crippen molar-refractivity contribution in [2.75, 3.05) is 19.6 Å². The zero-order chi connectivity index (χ0) is 27.1. The maximum Gasteiger partial charge on any atom is 0.241 e. The molecular weight excluding hydrogens is 504 g/mol. The molecule has 2 aromatic rings. The second-order valence-electron chi connectivity index (χ2n) is 10.4. The molecule has 206 valence electrons. The second kappa shape index (κ2) is 12.6. The number of carbonyl (C=O) groups excluding carboxylic acids is 2. The number of hydrogen-bond acceptors (Lipinski definition) is 5. The van der Waals surface area contributed by atoms with Gasteiger partial charge in [0.15, 0.2) is 5.96 Å². The zero-order valence-corrected chi connectivity index (χ0v) is 22.4. The van der Waals surface area contributed by atoms with E-state index < -0.39 is 22.0 Å². The summed E-state index contributed by atoms with van der Waals surface area (Å²) in [6.07, 6.45) is 6.14. The van der Waals surface area contributed by atoms with E-state index in [0.717, 1.165) is 55.7 Å². The highest BCUT2D eigenvalue weighted by molar-refractivity contribution is 7.89. The van der Waals surface area contributed by atoms with E-state index in [2.05, 4.69) is 15.4 Å². The Hall–Kier alpha value is -3.18. The second-order valence-corrected chi connectivity index (χ2v) is 12.1. The van der Waals surface area contributed by atoms with Crippen LogP contribution in [0.2, 0.25) is 0 Å². The van der Waals surface area contributed by atoms with Crippen molar-refractivity contribution in [3.8, 4) is 0 Å². The highest BCUT2D eigenvalue weighted by Crippen LogP contribution is 2.21. The van der Waals surface area contributed by atoms with Crippen molar-refractivity contribution in [2.45, 2.75) is 68.3 Å². The van der Waals surface area contributed by atoms with Crippen LogP contribution in [-0.2, 0) is 19.6 Å². The lowest BCUT2D eigenvalue weighted by molar-refractivity contribution is -0.128. The average molecular weight is 543 g/mol. The minimum absolute atomic E-state index is 0.0153. The van der Waals surface area contributed by atoms with E-state index in [0.29, 0.717) is 19.6 Å². The molecule has 11 heteroatoms. The fourth-order valence-electron chi connectivity index (χ4n) is 5.22. The van der Waals surface area contributed by atoms with Gasteiger partial charge in [-0.15, -0.1) is 0 Å². The summed E-state index contributed by atoms with van der Waals surface area (Å²) < 4.78 is 29.1. The minimum atomic E-state index is -4.06. The SMILES string of the molecule is N=C(N)N1CCC(CNC(=O)CC(NS(=O)(=O)c2ccc3ccccc3c2)C(=O)NC2CCCCC2)CC1. The number of carbonyl (C=O) groups is 2. The van der Waals surface area contributed by atoms with Gasteiger partial charge in [0, 0.05) is 25.7 Å². The van der Waals surface area contributed by atoms with E-state index in [1.54, 1.807) is 17.0 Å². The molecule has 2 aromatic carbocycles. The summed E-state index contributed by atoms with van der Waals surface area (Å²) in [5.41, 5.74) is 5.55. The fraction of sp³-hybridized carbons (Fsp3) is 0.519. The average Bonchev–Trinajstić information content (AvgIpc) is 2.92. The maximum atomic E-state index is 13.3. The number of nitrogens with two attached hydrogens (primary N) is 1. The molecule has 1 unspecified atom stereocenters. The van der Waals surface area contributed by atoms with Crippen molar-refractivity contribution in [3.63, 3.8) is 0 Å². The monoisotopic (exact) mass is 542 g/mol. The molecule has 0 aromatic heterocycles. The van der Waals surface area contributed by atoms with Gasteiger partial charge < -0.3 is 21.3 Å². The molecule has 1 saturated carbocycles. The predicted octanol–water partition coefficient (Wildman–Crippen LogP) is 2.05. The van der Waals surface area contributed by atoms with E-state index >= 15 is 0 Å². The molecule has 1 aliphatic heterocycles. The standard InChI is InChI=1S/C27H38N6O4S/c28-27(29)33-14-12-19(13-15-33)18-30-25(34)17-24(26(35)31-22-8-2-1-3-9-22)32-38(36,37)23-11-10-20-6-4-5-7-21(20)16-23/h4-7,10-11,16,19,22,24,32H,1-3,8-9,12-15,17-18H2,(H3,28,29)(H,30,34)(H,31,35). The topological polar surface area (TPSA) is 157 Å². The molecule has 10 nitrogen and oxygen atoms in total. The van der Waals surface area contributed by atoms with Crippen LogP contribution in [0.3, 0.4) is 0 Å². The van der Waals surface area contributed by atoms with Crippen LogP contribution in [0.25, 0.3) is 10.8 Å². The van der Waals surface area contributed by atoms with Gasteiger partial charge in [0.25, 0.3) is 0 Å². The maximum absolute atomic E-state index is 13.3. The molecule has 4 rings (SSSR count). The van der Waals surface area contributed by atoms with Crippen LogP contribution < -0.4 is 21.1 Å². The summed E-state index contributed by atoms with van der Waals surface area (Å²) >= 11 is 0. The summed E-state index contributed by atoms with van der Waals surface area (Å²) in [5, 5.41) is 15.1. The van der Waals surface area contributed by atoms with Crippen LogP contribution in [-0.4, -0.2) is 62.8 Å². The fourth-order valence-corrected chi connectivity index (χ4v) is 6.45. The highest BCUT2D eigenvalue weighted by Gasteiger charge is 2.30. The van der Waals surface area contributed by atoms with E-state index in [-0.39, 0.29) is 35.1 Å². The van der Waals surface area contributed by atoms with Crippen LogP contribution in [0.4, 0.5) is 0 Å². The molecule has 0 spiro atoms. The van der Waals surface area contributed by atoms with Crippen molar-refractivity contribution in [1.82, 2.24) is 20.3 Å². The predicted molar refractivity (Wildman–Crippen MR) is 147 cm³/mol. The molecule has 2 aliphatic rings. The third kappa shape index (κ3) is 7.44. The number of piperidine rings is 1. The third-order valence-corrected chi connectivity index (χ3v) is 9.00.